The van der Waals surface area contributed by atoms with Crippen molar-refractivity contribution >= 4 is 17.3 Å². The minimum atomic E-state index is -0.129. The number of hydrogen-bond acceptors (Lipinski definition) is 3. The standard InChI is InChI=1S/C18H28N2O2/c1-4-7-8-9-12-20-17-11-10-14(22-6-3)13-16(17)19-15(5-2)18(20)21/h10-11,13,15,19H,4-9,12H2,1-3H3. The van der Waals surface area contributed by atoms with E-state index < -0.39 is 0 Å². The van der Waals surface area contributed by atoms with Crippen LogP contribution in [0.2, 0.25) is 0 Å². The number of rotatable bonds is 8. The molecule has 2 rings (SSSR count). The van der Waals surface area contributed by atoms with Crippen molar-refractivity contribution in [3.05, 3.63) is 18.2 Å². The molecule has 1 N–H and O–H groups in total. The second-order valence-corrected chi connectivity index (χ2v) is 5.77. The molecule has 0 aliphatic carbocycles. The fourth-order valence-corrected chi connectivity index (χ4v) is 2.88. The Hall–Kier alpha value is -1.71. The lowest BCUT2D eigenvalue weighted by atomic mass is 10.1. The lowest BCUT2D eigenvalue weighted by Crippen LogP contribution is -2.47. The number of anilines is 2. The average Bonchev–Trinajstić information content (AvgIpc) is 2.53. The SMILES string of the molecule is CCCCCCN1C(=O)C(CC)Nc2cc(OCC)ccc21. The minimum Gasteiger partial charge on any atom is -0.494 e. The molecule has 0 spiro atoms. The monoisotopic (exact) mass is 304 g/mol. The van der Waals surface area contributed by atoms with Gasteiger partial charge in [0.15, 0.2) is 0 Å². The Morgan fingerprint density at radius 3 is 2.68 bits per heavy atom. The third-order valence-electron chi connectivity index (χ3n) is 4.11. The van der Waals surface area contributed by atoms with E-state index in [4.69, 9.17) is 4.74 Å². The molecule has 0 radical (unpaired) electrons. The average molecular weight is 304 g/mol. The molecule has 0 aromatic heterocycles. The summed E-state index contributed by atoms with van der Waals surface area (Å²) in [7, 11) is 0. The van der Waals surface area contributed by atoms with Gasteiger partial charge in [-0.05, 0) is 31.9 Å². The van der Waals surface area contributed by atoms with Gasteiger partial charge in [0.05, 0.1) is 18.0 Å². The van der Waals surface area contributed by atoms with E-state index in [1.807, 2.05) is 36.9 Å². The van der Waals surface area contributed by atoms with Crippen molar-refractivity contribution in [2.75, 3.05) is 23.4 Å². The molecule has 0 fully saturated rings. The smallest absolute Gasteiger partial charge is 0.249 e. The molecule has 1 unspecified atom stereocenters. The molecule has 122 valence electrons. The summed E-state index contributed by atoms with van der Waals surface area (Å²) in [6.45, 7) is 7.68. The third kappa shape index (κ3) is 3.73. The van der Waals surface area contributed by atoms with Crippen LogP contribution in [0.5, 0.6) is 5.75 Å². The maximum absolute atomic E-state index is 12.6. The van der Waals surface area contributed by atoms with Gasteiger partial charge >= 0.3 is 0 Å². The number of carbonyl (C=O) groups is 1. The van der Waals surface area contributed by atoms with Gasteiger partial charge in [-0.3, -0.25) is 4.79 Å². The van der Waals surface area contributed by atoms with Crippen LogP contribution in [0, 0.1) is 0 Å². The molecule has 1 aliphatic rings. The lowest BCUT2D eigenvalue weighted by Gasteiger charge is -2.35. The summed E-state index contributed by atoms with van der Waals surface area (Å²) in [5.74, 6) is 1.04. The van der Waals surface area contributed by atoms with Gasteiger partial charge in [-0.15, -0.1) is 0 Å². The number of hydrogen-bond donors (Lipinski definition) is 1. The zero-order valence-electron chi connectivity index (χ0n) is 14.0. The fourth-order valence-electron chi connectivity index (χ4n) is 2.88. The van der Waals surface area contributed by atoms with Crippen LogP contribution in [0.15, 0.2) is 18.2 Å². The minimum absolute atomic E-state index is 0.129. The van der Waals surface area contributed by atoms with Crippen molar-refractivity contribution in [2.45, 2.75) is 58.9 Å². The zero-order valence-corrected chi connectivity index (χ0v) is 14.0. The lowest BCUT2D eigenvalue weighted by molar-refractivity contribution is -0.119. The van der Waals surface area contributed by atoms with Crippen LogP contribution in [0.25, 0.3) is 0 Å². The molecule has 1 heterocycles. The number of unbranched alkanes of at least 4 members (excludes halogenated alkanes) is 3. The molecule has 1 amide bonds. The molecule has 1 atom stereocenters. The van der Waals surface area contributed by atoms with E-state index in [0.717, 1.165) is 36.5 Å². The first-order chi connectivity index (χ1) is 10.7. The molecule has 1 aliphatic heterocycles. The number of benzene rings is 1. The van der Waals surface area contributed by atoms with E-state index >= 15 is 0 Å². The second kappa shape index (κ2) is 8.06. The predicted octanol–water partition coefficient (Wildman–Crippen LogP) is 4.20. The van der Waals surface area contributed by atoms with E-state index in [-0.39, 0.29) is 11.9 Å². The Morgan fingerprint density at radius 2 is 2.00 bits per heavy atom. The molecule has 4 heteroatoms. The summed E-state index contributed by atoms with van der Waals surface area (Å²) in [5.41, 5.74) is 1.99. The Bertz CT molecular complexity index is 502. The molecule has 4 nitrogen and oxygen atoms in total. The van der Waals surface area contributed by atoms with E-state index in [9.17, 15) is 4.79 Å². The van der Waals surface area contributed by atoms with Gasteiger partial charge in [-0.1, -0.05) is 33.1 Å². The summed E-state index contributed by atoms with van der Waals surface area (Å²) in [4.78, 5) is 14.6. The highest BCUT2D eigenvalue weighted by Gasteiger charge is 2.31. The summed E-state index contributed by atoms with van der Waals surface area (Å²) in [6, 6.07) is 5.82. The fraction of sp³-hybridized carbons (Fsp3) is 0.611. The summed E-state index contributed by atoms with van der Waals surface area (Å²) in [5, 5.41) is 3.36. The number of fused-ring (bicyclic) bond motifs is 1. The maximum atomic E-state index is 12.6. The molecule has 1 aromatic rings. The van der Waals surface area contributed by atoms with Crippen molar-refractivity contribution in [3.63, 3.8) is 0 Å². The molecular formula is C18H28N2O2. The van der Waals surface area contributed by atoms with E-state index in [2.05, 4.69) is 12.2 Å². The van der Waals surface area contributed by atoms with Crippen molar-refractivity contribution in [2.24, 2.45) is 0 Å². The summed E-state index contributed by atoms with van der Waals surface area (Å²) >= 11 is 0. The molecule has 0 saturated heterocycles. The summed E-state index contributed by atoms with van der Waals surface area (Å²) < 4.78 is 5.57. The van der Waals surface area contributed by atoms with Crippen LogP contribution >= 0.6 is 0 Å². The number of ether oxygens (including phenoxy) is 1. The van der Waals surface area contributed by atoms with Crippen LogP contribution in [-0.4, -0.2) is 25.1 Å². The van der Waals surface area contributed by atoms with E-state index in [0.29, 0.717) is 6.61 Å². The Morgan fingerprint density at radius 1 is 1.18 bits per heavy atom. The molecule has 1 aromatic carbocycles. The van der Waals surface area contributed by atoms with Crippen LogP contribution in [0.3, 0.4) is 0 Å². The number of carbonyl (C=O) groups excluding carboxylic acids is 1. The van der Waals surface area contributed by atoms with Gasteiger partial charge in [0.2, 0.25) is 5.91 Å². The number of nitrogens with one attached hydrogen (secondary N) is 1. The van der Waals surface area contributed by atoms with Crippen LogP contribution in [0.1, 0.15) is 52.9 Å². The topological polar surface area (TPSA) is 41.6 Å². The molecule has 22 heavy (non-hydrogen) atoms. The van der Waals surface area contributed by atoms with Gasteiger partial charge < -0.3 is 15.0 Å². The quantitative estimate of drug-likeness (QED) is 0.732. The van der Waals surface area contributed by atoms with Gasteiger partial charge in [0.25, 0.3) is 0 Å². The normalized spacial score (nSPS) is 17.1. The number of amides is 1. The molecular weight excluding hydrogens is 276 g/mol. The Kier molecular flexibility index (Phi) is 6.10. The first kappa shape index (κ1) is 16.7. The maximum Gasteiger partial charge on any atom is 0.249 e. The largest absolute Gasteiger partial charge is 0.494 e. The van der Waals surface area contributed by atoms with Crippen LogP contribution in [-0.2, 0) is 4.79 Å². The van der Waals surface area contributed by atoms with Crippen molar-refractivity contribution in [1.29, 1.82) is 0 Å². The Labute approximate surface area is 133 Å². The predicted molar refractivity (Wildman–Crippen MR) is 91.8 cm³/mol. The molecule has 0 saturated carbocycles. The number of nitrogens with zero attached hydrogens (tertiary/aromatic N) is 1. The Balaban J connectivity index is 2.19. The van der Waals surface area contributed by atoms with E-state index in [1.165, 1.54) is 19.3 Å². The molecule has 0 bridgehead atoms. The van der Waals surface area contributed by atoms with Gasteiger partial charge in [0.1, 0.15) is 11.8 Å². The first-order valence-corrected chi connectivity index (χ1v) is 8.56. The zero-order chi connectivity index (χ0) is 15.9. The van der Waals surface area contributed by atoms with Crippen LogP contribution in [0.4, 0.5) is 11.4 Å². The third-order valence-corrected chi connectivity index (χ3v) is 4.11. The van der Waals surface area contributed by atoms with E-state index in [1.54, 1.807) is 0 Å². The summed E-state index contributed by atoms with van der Waals surface area (Å²) in [6.07, 6.45) is 5.47. The van der Waals surface area contributed by atoms with Gasteiger partial charge in [0, 0.05) is 12.6 Å². The van der Waals surface area contributed by atoms with Crippen LogP contribution < -0.4 is 15.0 Å². The second-order valence-electron chi connectivity index (χ2n) is 5.77. The van der Waals surface area contributed by atoms with Gasteiger partial charge in [-0.2, -0.15) is 0 Å². The van der Waals surface area contributed by atoms with Crippen molar-refractivity contribution in [1.82, 2.24) is 0 Å². The highest BCUT2D eigenvalue weighted by atomic mass is 16.5. The van der Waals surface area contributed by atoms with Crippen molar-refractivity contribution in [3.8, 4) is 5.75 Å². The van der Waals surface area contributed by atoms with Crippen molar-refractivity contribution < 1.29 is 9.53 Å². The highest BCUT2D eigenvalue weighted by molar-refractivity contribution is 6.05. The highest BCUT2D eigenvalue weighted by Crippen LogP contribution is 2.35. The first-order valence-electron chi connectivity index (χ1n) is 8.56. The van der Waals surface area contributed by atoms with Gasteiger partial charge in [-0.25, -0.2) is 0 Å².